The molecule has 1 aliphatic heterocycles. The Balaban J connectivity index is 1.43. The molecule has 5 nitrogen and oxygen atoms in total. The summed E-state index contributed by atoms with van der Waals surface area (Å²) in [5.74, 6) is 0.809. The second-order valence-electron chi connectivity index (χ2n) is 8.39. The largest absolute Gasteiger partial charge is 0.490 e. The van der Waals surface area contributed by atoms with Gasteiger partial charge in [-0.1, -0.05) is 72.3 Å². The molecule has 180 valence electrons. The summed E-state index contributed by atoms with van der Waals surface area (Å²) in [6.45, 7) is 4.52. The Hall–Kier alpha value is -4.09. The molecular weight excluding hydrogens is 472 g/mol. The highest BCUT2D eigenvalue weighted by atomic mass is 35.5. The van der Waals surface area contributed by atoms with Crippen molar-refractivity contribution < 1.29 is 14.3 Å². The van der Waals surface area contributed by atoms with Crippen molar-refractivity contribution in [3.8, 4) is 11.5 Å². The van der Waals surface area contributed by atoms with Crippen molar-refractivity contribution in [3.63, 3.8) is 0 Å². The SMILES string of the molecule is CCOc1cc(/C=C2/C(=O)N(c3ccccc3)N=C2C)cc(Cl)c1OCc1cccc2ccccc12. The van der Waals surface area contributed by atoms with Crippen LogP contribution in [0.4, 0.5) is 5.69 Å². The van der Waals surface area contributed by atoms with E-state index in [9.17, 15) is 4.79 Å². The minimum atomic E-state index is -0.191. The molecule has 6 heteroatoms. The number of benzene rings is 4. The lowest BCUT2D eigenvalue weighted by Gasteiger charge is -2.16. The van der Waals surface area contributed by atoms with Gasteiger partial charge in [0.25, 0.3) is 5.91 Å². The number of hydrogen-bond acceptors (Lipinski definition) is 4. The maximum Gasteiger partial charge on any atom is 0.280 e. The number of anilines is 1. The number of carbonyl (C=O) groups is 1. The Morgan fingerprint density at radius 2 is 1.69 bits per heavy atom. The van der Waals surface area contributed by atoms with Crippen LogP contribution >= 0.6 is 11.6 Å². The van der Waals surface area contributed by atoms with Crippen LogP contribution in [0.15, 0.2) is 95.6 Å². The fourth-order valence-electron chi connectivity index (χ4n) is 4.24. The van der Waals surface area contributed by atoms with Crippen molar-refractivity contribution >= 4 is 45.8 Å². The zero-order valence-electron chi connectivity index (χ0n) is 20.1. The predicted molar refractivity (Wildman–Crippen MR) is 146 cm³/mol. The lowest BCUT2D eigenvalue weighted by atomic mass is 10.1. The monoisotopic (exact) mass is 496 g/mol. The van der Waals surface area contributed by atoms with Crippen molar-refractivity contribution in [1.29, 1.82) is 0 Å². The number of rotatable bonds is 7. The number of fused-ring (bicyclic) bond motifs is 1. The quantitative estimate of drug-likeness (QED) is 0.253. The number of nitrogens with zero attached hydrogens (tertiary/aromatic N) is 2. The third kappa shape index (κ3) is 4.70. The molecule has 0 saturated heterocycles. The van der Waals surface area contributed by atoms with Gasteiger partial charge in [0.1, 0.15) is 6.61 Å². The third-order valence-electron chi connectivity index (χ3n) is 5.96. The first-order valence-electron chi connectivity index (χ1n) is 11.8. The summed E-state index contributed by atoms with van der Waals surface area (Å²) >= 11 is 6.68. The number of halogens is 1. The molecule has 4 aromatic carbocycles. The molecule has 0 unspecified atom stereocenters. The number of para-hydroxylation sites is 1. The van der Waals surface area contributed by atoms with E-state index < -0.39 is 0 Å². The van der Waals surface area contributed by atoms with Crippen molar-refractivity contribution in [1.82, 2.24) is 0 Å². The van der Waals surface area contributed by atoms with Gasteiger partial charge in [0, 0.05) is 0 Å². The standard InChI is InChI=1S/C30H25ClN2O3/c1-3-35-28-18-21(16-26-20(2)32-33(30(26)34)24-13-5-4-6-14-24)17-27(31)29(28)36-19-23-12-9-11-22-10-7-8-15-25(22)23/h4-18H,3,19H2,1-2H3/b26-16+. The Bertz CT molecular complexity index is 1490. The Kier molecular flexibility index (Phi) is 6.74. The molecule has 0 aliphatic carbocycles. The molecule has 0 atom stereocenters. The van der Waals surface area contributed by atoms with Crippen LogP contribution in [0.1, 0.15) is 25.0 Å². The van der Waals surface area contributed by atoms with Crippen molar-refractivity contribution in [2.24, 2.45) is 5.10 Å². The van der Waals surface area contributed by atoms with Crippen molar-refractivity contribution in [2.45, 2.75) is 20.5 Å². The summed E-state index contributed by atoms with van der Waals surface area (Å²) < 4.78 is 12.1. The van der Waals surface area contributed by atoms with E-state index in [0.29, 0.717) is 41.0 Å². The van der Waals surface area contributed by atoms with Gasteiger partial charge in [0.15, 0.2) is 11.5 Å². The zero-order chi connectivity index (χ0) is 25.1. The Morgan fingerprint density at radius 3 is 2.50 bits per heavy atom. The van der Waals surface area contributed by atoms with Gasteiger partial charge in [0.05, 0.1) is 28.6 Å². The molecule has 36 heavy (non-hydrogen) atoms. The van der Waals surface area contributed by atoms with Gasteiger partial charge in [-0.05, 0) is 66.1 Å². The highest BCUT2D eigenvalue weighted by Crippen LogP contribution is 2.38. The molecule has 5 rings (SSSR count). The van der Waals surface area contributed by atoms with E-state index in [1.807, 2.05) is 74.5 Å². The summed E-state index contributed by atoms with van der Waals surface area (Å²) in [4.78, 5) is 13.1. The first-order chi connectivity index (χ1) is 17.5. The van der Waals surface area contributed by atoms with Gasteiger partial charge in [-0.15, -0.1) is 0 Å². The molecule has 0 N–H and O–H groups in total. The van der Waals surface area contributed by atoms with Crippen LogP contribution in [0.3, 0.4) is 0 Å². The van der Waals surface area contributed by atoms with E-state index in [1.54, 1.807) is 12.1 Å². The molecule has 0 fully saturated rings. The van der Waals surface area contributed by atoms with Crippen molar-refractivity contribution in [3.05, 3.63) is 107 Å². The highest BCUT2D eigenvalue weighted by molar-refractivity contribution is 6.33. The summed E-state index contributed by atoms with van der Waals surface area (Å²) in [6.07, 6.45) is 1.78. The normalized spacial score (nSPS) is 14.4. The average molecular weight is 497 g/mol. The highest BCUT2D eigenvalue weighted by Gasteiger charge is 2.28. The Morgan fingerprint density at radius 1 is 0.944 bits per heavy atom. The van der Waals surface area contributed by atoms with Crippen molar-refractivity contribution in [2.75, 3.05) is 11.6 Å². The van der Waals surface area contributed by atoms with Gasteiger partial charge in [-0.2, -0.15) is 10.1 Å². The minimum absolute atomic E-state index is 0.191. The number of hydrogen-bond donors (Lipinski definition) is 0. The summed E-state index contributed by atoms with van der Waals surface area (Å²) in [7, 11) is 0. The van der Waals surface area contributed by atoms with E-state index >= 15 is 0 Å². The molecule has 0 radical (unpaired) electrons. The third-order valence-corrected chi connectivity index (χ3v) is 6.24. The number of ether oxygens (including phenoxy) is 2. The summed E-state index contributed by atoms with van der Waals surface area (Å²) in [5.41, 5.74) is 3.64. The molecule has 1 amide bonds. The summed E-state index contributed by atoms with van der Waals surface area (Å²) in [6, 6.07) is 27.3. The Labute approximate surface area is 215 Å². The van der Waals surface area contributed by atoms with Crippen LogP contribution in [0.2, 0.25) is 5.02 Å². The fourth-order valence-corrected chi connectivity index (χ4v) is 4.51. The number of amides is 1. The first-order valence-corrected chi connectivity index (χ1v) is 12.2. The van der Waals surface area contributed by atoms with E-state index in [4.69, 9.17) is 21.1 Å². The maximum absolute atomic E-state index is 13.1. The molecule has 1 aliphatic rings. The van der Waals surface area contributed by atoms with Gasteiger partial charge in [-0.25, -0.2) is 0 Å². The fraction of sp³-hybridized carbons (Fsp3) is 0.133. The molecule has 0 spiro atoms. The van der Waals surface area contributed by atoms with Crippen LogP contribution in [0.25, 0.3) is 16.8 Å². The van der Waals surface area contributed by atoms with Crippen LogP contribution in [0, 0.1) is 0 Å². The zero-order valence-corrected chi connectivity index (χ0v) is 20.8. The first kappa shape index (κ1) is 23.6. The predicted octanol–water partition coefficient (Wildman–Crippen LogP) is 7.28. The lowest BCUT2D eigenvalue weighted by molar-refractivity contribution is -0.114. The number of carbonyl (C=O) groups excluding carboxylic acids is 1. The van der Waals surface area contributed by atoms with E-state index in [0.717, 1.165) is 27.6 Å². The topological polar surface area (TPSA) is 51.1 Å². The van der Waals surface area contributed by atoms with E-state index in [-0.39, 0.29) is 5.91 Å². The van der Waals surface area contributed by atoms with E-state index in [1.165, 1.54) is 5.01 Å². The smallest absolute Gasteiger partial charge is 0.280 e. The average Bonchev–Trinajstić information content (AvgIpc) is 3.17. The van der Waals surface area contributed by atoms with Gasteiger partial charge < -0.3 is 9.47 Å². The second-order valence-corrected chi connectivity index (χ2v) is 8.79. The van der Waals surface area contributed by atoms with Gasteiger partial charge >= 0.3 is 0 Å². The molecule has 0 saturated carbocycles. The summed E-state index contributed by atoms with van der Waals surface area (Å²) in [5, 5.41) is 8.55. The van der Waals surface area contributed by atoms with Crippen LogP contribution in [-0.2, 0) is 11.4 Å². The van der Waals surface area contributed by atoms with Gasteiger partial charge in [-0.3, -0.25) is 4.79 Å². The molecule has 1 heterocycles. The minimum Gasteiger partial charge on any atom is -0.490 e. The maximum atomic E-state index is 13.1. The molecular formula is C30H25ClN2O3. The van der Waals surface area contributed by atoms with Crippen LogP contribution in [-0.4, -0.2) is 18.2 Å². The molecule has 4 aromatic rings. The molecule has 0 aromatic heterocycles. The van der Waals surface area contributed by atoms with Crippen LogP contribution < -0.4 is 14.5 Å². The van der Waals surface area contributed by atoms with Gasteiger partial charge in [0.2, 0.25) is 0 Å². The van der Waals surface area contributed by atoms with Crippen LogP contribution in [0.5, 0.6) is 11.5 Å². The van der Waals surface area contributed by atoms with E-state index in [2.05, 4.69) is 23.3 Å². The lowest BCUT2D eigenvalue weighted by Crippen LogP contribution is -2.21. The molecule has 0 bridgehead atoms. The number of hydrazone groups is 1. The second kappa shape index (κ2) is 10.3.